The van der Waals surface area contributed by atoms with E-state index in [9.17, 15) is 0 Å². The maximum Gasteiger partial charge on any atom is 0.172 e. The van der Waals surface area contributed by atoms with Crippen LogP contribution in [-0.2, 0) is 13.0 Å². The van der Waals surface area contributed by atoms with Crippen molar-refractivity contribution in [2.75, 3.05) is 11.4 Å². The Hall–Kier alpha value is -2.13. The zero-order chi connectivity index (χ0) is 14.2. The van der Waals surface area contributed by atoms with Crippen LogP contribution in [0.1, 0.15) is 11.1 Å². The Morgan fingerprint density at radius 1 is 0.857 bits per heavy atom. The molecule has 2 heterocycles. The summed E-state index contributed by atoms with van der Waals surface area (Å²) in [6, 6.07) is 16.4. The lowest BCUT2D eigenvalue weighted by molar-refractivity contribution is 0.721. The van der Waals surface area contributed by atoms with Gasteiger partial charge >= 0.3 is 0 Å². The smallest absolute Gasteiger partial charge is 0.172 e. The molecule has 0 atom stereocenters. The van der Waals surface area contributed by atoms with Crippen LogP contribution in [0.4, 0.5) is 5.82 Å². The number of hydrogen-bond donors (Lipinski definition) is 0. The standard InChI is InChI=1S/C17H14ClN3/c18-16-17(20-15-8-4-3-7-14(15)19-16)21-10-9-12-5-1-2-6-13(12)11-21/h1-8H,9-11H2. The summed E-state index contributed by atoms with van der Waals surface area (Å²) in [6.45, 7) is 1.76. The minimum atomic E-state index is 0.480. The molecule has 0 bridgehead atoms. The molecule has 1 aromatic heterocycles. The molecular weight excluding hydrogens is 282 g/mol. The maximum absolute atomic E-state index is 6.35. The Kier molecular flexibility index (Phi) is 3.00. The minimum absolute atomic E-state index is 0.480. The van der Waals surface area contributed by atoms with E-state index in [0.717, 1.165) is 36.4 Å². The lowest BCUT2D eigenvalue weighted by Gasteiger charge is -2.30. The SMILES string of the molecule is Clc1nc2ccccc2nc1N1CCc2ccccc2C1. The Bertz CT molecular complexity index is 816. The molecule has 1 aliphatic heterocycles. The monoisotopic (exact) mass is 295 g/mol. The maximum atomic E-state index is 6.35. The van der Waals surface area contributed by atoms with Crippen molar-refractivity contribution < 1.29 is 0 Å². The summed E-state index contributed by atoms with van der Waals surface area (Å²) < 4.78 is 0. The number of aromatic nitrogens is 2. The van der Waals surface area contributed by atoms with Gasteiger partial charge in [0.05, 0.1) is 11.0 Å². The van der Waals surface area contributed by atoms with Crippen LogP contribution in [0.3, 0.4) is 0 Å². The van der Waals surface area contributed by atoms with Gasteiger partial charge in [-0.25, -0.2) is 9.97 Å². The number of hydrogen-bond acceptors (Lipinski definition) is 3. The van der Waals surface area contributed by atoms with Crippen molar-refractivity contribution in [3.8, 4) is 0 Å². The summed E-state index contributed by atoms with van der Waals surface area (Å²) in [4.78, 5) is 11.4. The summed E-state index contributed by atoms with van der Waals surface area (Å²) >= 11 is 6.35. The first-order valence-corrected chi connectivity index (χ1v) is 7.43. The van der Waals surface area contributed by atoms with E-state index in [2.05, 4.69) is 34.1 Å². The zero-order valence-corrected chi connectivity index (χ0v) is 12.2. The number of rotatable bonds is 1. The van der Waals surface area contributed by atoms with Crippen LogP contribution in [0, 0.1) is 0 Å². The van der Waals surface area contributed by atoms with Gasteiger partial charge in [0.2, 0.25) is 0 Å². The second-order valence-corrected chi connectivity index (χ2v) is 5.63. The molecule has 0 unspecified atom stereocenters. The van der Waals surface area contributed by atoms with Gasteiger partial charge in [-0.1, -0.05) is 48.0 Å². The Morgan fingerprint density at radius 3 is 2.33 bits per heavy atom. The molecule has 104 valence electrons. The first kappa shape index (κ1) is 12.6. The molecule has 21 heavy (non-hydrogen) atoms. The molecule has 2 aromatic carbocycles. The third-order valence-corrected chi connectivity index (χ3v) is 4.19. The fraction of sp³-hybridized carbons (Fsp3) is 0.176. The minimum Gasteiger partial charge on any atom is -0.349 e. The van der Waals surface area contributed by atoms with Crippen molar-refractivity contribution in [1.29, 1.82) is 0 Å². The summed E-state index contributed by atoms with van der Waals surface area (Å²) in [6.07, 6.45) is 1.01. The largest absolute Gasteiger partial charge is 0.349 e. The predicted octanol–water partition coefficient (Wildman–Crippen LogP) is 3.85. The molecule has 4 heteroatoms. The molecule has 0 N–H and O–H groups in total. The van der Waals surface area contributed by atoms with Crippen LogP contribution in [0.5, 0.6) is 0 Å². The van der Waals surface area contributed by atoms with Gasteiger partial charge in [0.1, 0.15) is 0 Å². The average molecular weight is 296 g/mol. The summed E-state index contributed by atoms with van der Waals surface area (Å²) in [5, 5.41) is 0.480. The van der Waals surface area contributed by atoms with E-state index in [4.69, 9.17) is 16.6 Å². The lowest BCUT2D eigenvalue weighted by atomic mass is 10.00. The lowest BCUT2D eigenvalue weighted by Crippen LogP contribution is -2.31. The third-order valence-electron chi connectivity index (χ3n) is 3.94. The number of fused-ring (bicyclic) bond motifs is 2. The molecule has 3 nitrogen and oxygen atoms in total. The Balaban J connectivity index is 1.76. The van der Waals surface area contributed by atoms with Crippen molar-refractivity contribution in [2.24, 2.45) is 0 Å². The van der Waals surface area contributed by atoms with E-state index in [0.29, 0.717) is 5.15 Å². The highest BCUT2D eigenvalue weighted by Gasteiger charge is 2.20. The van der Waals surface area contributed by atoms with Crippen LogP contribution >= 0.6 is 11.6 Å². The molecule has 0 saturated carbocycles. The van der Waals surface area contributed by atoms with Gasteiger partial charge in [0.15, 0.2) is 11.0 Å². The topological polar surface area (TPSA) is 29.0 Å². The highest BCUT2D eigenvalue weighted by molar-refractivity contribution is 6.32. The summed E-state index contributed by atoms with van der Waals surface area (Å²) in [5.41, 5.74) is 4.48. The molecule has 0 saturated heterocycles. The molecule has 0 radical (unpaired) electrons. The first-order valence-electron chi connectivity index (χ1n) is 7.05. The van der Waals surface area contributed by atoms with E-state index in [1.165, 1.54) is 11.1 Å². The van der Waals surface area contributed by atoms with E-state index >= 15 is 0 Å². The van der Waals surface area contributed by atoms with Gasteiger partial charge < -0.3 is 4.90 Å². The van der Waals surface area contributed by atoms with E-state index in [1.807, 2.05) is 24.3 Å². The van der Waals surface area contributed by atoms with E-state index in [1.54, 1.807) is 0 Å². The molecule has 1 aliphatic rings. The van der Waals surface area contributed by atoms with Crippen LogP contribution in [0.2, 0.25) is 5.15 Å². The van der Waals surface area contributed by atoms with Gasteiger partial charge in [0.25, 0.3) is 0 Å². The Labute approximate surface area is 128 Å². The normalized spacial score (nSPS) is 14.2. The number of anilines is 1. The van der Waals surface area contributed by atoms with Gasteiger partial charge in [-0.3, -0.25) is 0 Å². The third kappa shape index (κ3) is 2.24. The van der Waals surface area contributed by atoms with Gasteiger partial charge in [-0.2, -0.15) is 0 Å². The molecule has 3 aromatic rings. The van der Waals surface area contributed by atoms with E-state index < -0.39 is 0 Å². The van der Waals surface area contributed by atoms with Crippen molar-refractivity contribution >= 4 is 28.5 Å². The quantitative estimate of drug-likeness (QED) is 0.683. The van der Waals surface area contributed by atoms with Crippen LogP contribution in [0.15, 0.2) is 48.5 Å². The summed E-state index contributed by atoms with van der Waals surface area (Å²) in [7, 11) is 0. The molecule has 0 fully saturated rings. The Morgan fingerprint density at radius 2 is 1.52 bits per heavy atom. The molecule has 4 rings (SSSR count). The van der Waals surface area contributed by atoms with Crippen molar-refractivity contribution in [3.05, 3.63) is 64.8 Å². The summed E-state index contributed by atoms with van der Waals surface area (Å²) in [5.74, 6) is 0.782. The fourth-order valence-corrected chi connectivity index (χ4v) is 3.10. The number of para-hydroxylation sites is 2. The van der Waals surface area contributed by atoms with Gasteiger partial charge in [-0.15, -0.1) is 0 Å². The number of nitrogens with zero attached hydrogens (tertiary/aromatic N) is 3. The number of benzene rings is 2. The second kappa shape index (κ2) is 5.01. The van der Waals surface area contributed by atoms with Gasteiger partial charge in [-0.05, 0) is 29.7 Å². The molecule has 0 amide bonds. The average Bonchev–Trinajstić information content (AvgIpc) is 2.54. The molecule has 0 aliphatic carbocycles. The van der Waals surface area contributed by atoms with Crippen LogP contribution < -0.4 is 4.90 Å². The van der Waals surface area contributed by atoms with E-state index in [-0.39, 0.29) is 0 Å². The van der Waals surface area contributed by atoms with Crippen molar-refractivity contribution in [2.45, 2.75) is 13.0 Å². The van der Waals surface area contributed by atoms with Crippen LogP contribution in [-0.4, -0.2) is 16.5 Å². The molecular formula is C17H14ClN3. The number of halogens is 1. The van der Waals surface area contributed by atoms with Crippen LogP contribution in [0.25, 0.3) is 11.0 Å². The van der Waals surface area contributed by atoms with Crippen molar-refractivity contribution in [3.63, 3.8) is 0 Å². The second-order valence-electron chi connectivity index (χ2n) is 5.27. The first-order chi connectivity index (χ1) is 10.3. The predicted molar refractivity (Wildman–Crippen MR) is 85.7 cm³/mol. The molecule has 0 spiro atoms. The van der Waals surface area contributed by atoms with Crippen molar-refractivity contribution in [1.82, 2.24) is 9.97 Å². The van der Waals surface area contributed by atoms with Gasteiger partial charge in [0, 0.05) is 13.1 Å². The highest BCUT2D eigenvalue weighted by atomic mass is 35.5. The zero-order valence-electron chi connectivity index (χ0n) is 11.5. The fourth-order valence-electron chi connectivity index (χ4n) is 2.85. The highest BCUT2D eigenvalue weighted by Crippen LogP contribution is 2.29.